The minimum Gasteiger partial charge on any atom is -0.382 e. The molecule has 8 heteroatoms. The number of aliphatic hydroxyl groups is 2. The Hall–Kier alpha value is -2.32. The van der Waals surface area contributed by atoms with Gasteiger partial charge in [-0.1, -0.05) is 0 Å². The monoisotopic (exact) mass is 284 g/mol. The third kappa shape index (κ3) is 3.37. The maximum atomic E-state index is 11.6. The molecular weight excluding hydrogens is 272 g/mol. The Balaban J connectivity index is 2.83. The van der Waals surface area contributed by atoms with Crippen LogP contribution < -0.4 is 0 Å². The normalized spacial score (nSPS) is 18.9. The molecule has 0 saturated carbocycles. The third-order valence-corrected chi connectivity index (χ3v) is 2.41. The fourth-order valence-corrected chi connectivity index (χ4v) is 1.23. The molecule has 1 rings (SSSR count). The van der Waals surface area contributed by atoms with Gasteiger partial charge in [0.25, 0.3) is 0 Å². The second-order valence-corrected chi connectivity index (χ2v) is 4.18. The van der Waals surface area contributed by atoms with Gasteiger partial charge in [-0.2, -0.15) is 0 Å². The first-order valence-electron chi connectivity index (χ1n) is 5.48. The SMILES string of the molecule is CC(O)C(=O)OOC(=O)C(C)(O)C1=CC(=O)C=CC1=O. The van der Waals surface area contributed by atoms with E-state index in [9.17, 15) is 24.3 Å². The van der Waals surface area contributed by atoms with Crippen LogP contribution in [0.5, 0.6) is 0 Å². The molecule has 0 spiro atoms. The Kier molecular flexibility index (Phi) is 4.53. The molecule has 2 atom stereocenters. The minimum atomic E-state index is -2.48. The van der Waals surface area contributed by atoms with E-state index in [0.717, 1.165) is 32.1 Å². The van der Waals surface area contributed by atoms with Crippen molar-refractivity contribution in [1.29, 1.82) is 0 Å². The van der Waals surface area contributed by atoms with Crippen LogP contribution >= 0.6 is 0 Å². The van der Waals surface area contributed by atoms with E-state index in [4.69, 9.17) is 5.11 Å². The van der Waals surface area contributed by atoms with Crippen LogP contribution in [0, 0.1) is 0 Å². The first-order chi connectivity index (χ1) is 9.16. The largest absolute Gasteiger partial charge is 0.391 e. The van der Waals surface area contributed by atoms with Gasteiger partial charge in [-0.15, -0.1) is 0 Å². The Bertz CT molecular complexity index is 524. The Labute approximate surface area is 113 Å². The molecule has 1 aliphatic carbocycles. The summed E-state index contributed by atoms with van der Waals surface area (Å²) in [5, 5.41) is 18.8. The van der Waals surface area contributed by atoms with Crippen molar-refractivity contribution in [3.63, 3.8) is 0 Å². The highest BCUT2D eigenvalue weighted by molar-refractivity contribution is 6.20. The summed E-state index contributed by atoms with van der Waals surface area (Å²) in [6, 6.07) is 0. The highest BCUT2D eigenvalue weighted by Crippen LogP contribution is 2.22. The number of aliphatic hydroxyl groups excluding tert-OH is 1. The van der Waals surface area contributed by atoms with Crippen LogP contribution in [0.2, 0.25) is 0 Å². The standard InChI is InChI=1S/C12H12O8/c1-6(13)10(16)19-20-11(17)12(2,18)8-5-7(14)3-4-9(8)15/h3-6,13,18H,1-2H3. The van der Waals surface area contributed by atoms with Crippen LogP contribution in [0.1, 0.15) is 13.8 Å². The maximum Gasteiger partial charge on any atom is 0.391 e. The van der Waals surface area contributed by atoms with Crippen molar-refractivity contribution in [2.24, 2.45) is 0 Å². The Morgan fingerprint density at radius 2 is 1.85 bits per heavy atom. The number of allylic oxidation sites excluding steroid dienone is 3. The Morgan fingerprint density at radius 3 is 2.40 bits per heavy atom. The zero-order valence-corrected chi connectivity index (χ0v) is 10.7. The predicted molar refractivity (Wildman–Crippen MR) is 61.7 cm³/mol. The summed E-state index contributed by atoms with van der Waals surface area (Å²) >= 11 is 0. The van der Waals surface area contributed by atoms with Crippen LogP contribution in [-0.4, -0.2) is 45.4 Å². The van der Waals surface area contributed by atoms with E-state index in [-0.39, 0.29) is 0 Å². The quantitative estimate of drug-likeness (QED) is 0.374. The van der Waals surface area contributed by atoms with Crippen molar-refractivity contribution in [1.82, 2.24) is 0 Å². The van der Waals surface area contributed by atoms with Gasteiger partial charge in [0.05, 0.1) is 0 Å². The minimum absolute atomic E-state index is 0.511. The van der Waals surface area contributed by atoms with E-state index in [1.165, 1.54) is 0 Å². The molecule has 0 radical (unpaired) electrons. The number of rotatable bonds is 3. The summed E-state index contributed by atoms with van der Waals surface area (Å²) in [5.41, 5.74) is -2.99. The molecule has 0 aromatic rings. The molecule has 0 saturated heterocycles. The van der Waals surface area contributed by atoms with Crippen LogP contribution in [0.4, 0.5) is 0 Å². The Morgan fingerprint density at radius 1 is 1.25 bits per heavy atom. The van der Waals surface area contributed by atoms with Crippen LogP contribution in [0.15, 0.2) is 23.8 Å². The third-order valence-electron chi connectivity index (χ3n) is 2.41. The average Bonchev–Trinajstić information content (AvgIpc) is 2.37. The lowest BCUT2D eigenvalue weighted by atomic mass is 9.88. The smallest absolute Gasteiger partial charge is 0.382 e. The van der Waals surface area contributed by atoms with E-state index in [0.29, 0.717) is 0 Å². The number of carbonyl (C=O) groups is 4. The van der Waals surface area contributed by atoms with Crippen LogP contribution in [0.3, 0.4) is 0 Å². The lowest BCUT2D eigenvalue weighted by Gasteiger charge is -2.22. The molecular formula is C12H12O8. The van der Waals surface area contributed by atoms with Crippen molar-refractivity contribution < 1.29 is 39.2 Å². The number of hydrogen-bond acceptors (Lipinski definition) is 8. The van der Waals surface area contributed by atoms with Gasteiger partial charge in [-0.3, -0.25) is 9.59 Å². The summed E-state index contributed by atoms with van der Waals surface area (Å²) in [5.74, 6) is -4.08. The number of carbonyl (C=O) groups excluding carboxylic acids is 4. The fourth-order valence-electron chi connectivity index (χ4n) is 1.23. The summed E-state index contributed by atoms with van der Waals surface area (Å²) in [6.45, 7) is 1.98. The highest BCUT2D eigenvalue weighted by Gasteiger charge is 2.42. The molecule has 2 N–H and O–H groups in total. The van der Waals surface area contributed by atoms with Crippen LogP contribution in [-0.2, 0) is 29.0 Å². The molecule has 0 heterocycles. The van der Waals surface area contributed by atoms with E-state index in [1.807, 2.05) is 0 Å². The van der Waals surface area contributed by atoms with Gasteiger partial charge in [0.15, 0.2) is 23.3 Å². The summed E-state index contributed by atoms with van der Waals surface area (Å²) < 4.78 is 0. The molecule has 0 aliphatic heterocycles. The average molecular weight is 284 g/mol. The van der Waals surface area contributed by atoms with Crippen molar-refractivity contribution in [2.45, 2.75) is 25.6 Å². The van der Waals surface area contributed by atoms with Crippen molar-refractivity contribution in [3.05, 3.63) is 23.8 Å². The molecule has 0 fully saturated rings. The molecule has 0 amide bonds. The predicted octanol–water partition coefficient (Wildman–Crippen LogP) is -1.25. The van der Waals surface area contributed by atoms with E-state index in [1.54, 1.807) is 0 Å². The lowest BCUT2D eigenvalue weighted by molar-refractivity contribution is -0.272. The molecule has 8 nitrogen and oxygen atoms in total. The van der Waals surface area contributed by atoms with E-state index < -0.39 is 40.8 Å². The molecule has 108 valence electrons. The summed E-state index contributed by atoms with van der Waals surface area (Å²) in [6.07, 6.45) is 1.11. The molecule has 0 aromatic carbocycles. The zero-order valence-electron chi connectivity index (χ0n) is 10.7. The number of ketones is 2. The zero-order chi connectivity index (χ0) is 15.5. The number of hydrogen-bond donors (Lipinski definition) is 2. The molecule has 1 aliphatic rings. The van der Waals surface area contributed by atoms with Gasteiger partial charge < -0.3 is 10.2 Å². The maximum absolute atomic E-state index is 11.6. The van der Waals surface area contributed by atoms with Gasteiger partial charge in [0.1, 0.15) is 0 Å². The van der Waals surface area contributed by atoms with Gasteiger partial charge >= 0.3 is 11.9 Å². The molecule has 0 bridgehead atoms. The van der Waals surface area contributed by atoms with Crippen LogP contribution in [0.25, 0.3) is 0 Å². The van der Waals surface area contributed by atoms with E-state index >= 15 is 0 Å². The van der Waals surface area contributed by atoms with Crippen molar-refractivity contribution in [2.75, 3.05) is 0 Å². The first-order valence-corrected chi connectivity index (χ1v) is 5.48. The van der Waals surface area contributed by atoms with Crippen molar-refractivity contribution >= 4 is 23.5 Å². The van der Waals surface area contributed by atoms with E-state index in [2.05, 4.69) is 9.78 Å². The summed E-state index contributed by atoms with van der Waals surface area (Å²) in [7, 11) is 0. The van der Waals surface area contributed by atoms with Gasteiger partial charge in [-0.25, -0.2) is 19.4 Å². The topological polar surface area (TPSA) is 127 Å². The molecule has 20 heavy (non-hydrogen) atoms. The van der Waals surface area contributed by atoms with Gasteiger partial charge in [0.2, 0.25) is 0 Å². The fraction of sp³-hybridized carbons (Fsp3) is 0.333. The molecule has 2 unspecified atom stereocenters. The molecule has 0 aromatic heterocycles. The lowest BCUT2D eigenvalue weighted by Crippen LogP contribution is -2.43. The van der Waals surface area contributed by atoms with Crippen molar-refractivity contribution in [3.8, 4) is 0 Å². The first kappa shape index (κ1) is 15.7. The highest BCUT2D eigenvalue weighted by atomic mass is 17.2. The van der Waals surface area contributed by atoms with Gasteiger partial charge in [-0.05, 0) is 32.1 Å². The second kappa shape index (κ2) is 5.76. The van der Waals surface area contributed by atoms with Gasteiger partial charge in [0, 0.05) is 5.57 Å². The summed E-state index contributed by atoms with van der Waals surface area (Å²) in [4.78, 5) is 53.1. The second-order valence-electron chi connectivity index (χ2n) is 4.18.